The molecule has 4 rings (SSSR count). The SMILES string of the molecule is CNC1C[C@H](O)CC2=CC=C3[C@@H]4C[C@@H](O)[C@H](O)[C@@]4(C)CC[C@@H]3[C@]21C. The van der Waals surface area contributed by atoms with Crippen LogP contribution in [0.3, 0.4) is 0 Å². The maximum atomic E-state index is 10.5. The van der Waals surface area contributed by atoms with Gasteiger partial charge in [0.15, 0.2) is 0 Å². The molecule has 0 aromatic rings. The van der Waals surface area contributed by atoms with Crippen molar-refractivity contribution in [3.8, 4) is 0 Å². The minimum atomic E-state index is -0.615. The van der Waals surface area contributed by atoms with E-state index in [0.717, 1.165) is 25.7 Å². The molecular formula is C20H31NO3. The summed E-state index contributed by atoms with van der Waals surface area (Å²) < 4.78 is 0. The minimum Gasteiger partial charge on any atom is -0.393 e. The molecule has 8 atom stereocenters. The molecule has 0 radical (unpaired) electrons. The van der Waals surface area contributed by atoms with Crippen LogP contribution in [0.5, 0.6) is 0 Å². The molecule has 0 aromatic heterocycles. The maximum Gasteiger partial charge on any atom is 0.0858 e. The summed E-state index contributed by atoms with van der Waals surface area (Å²) in [7, 11) is 2.00. The highest BCUT2D eigenvalue weighted by atomic mass is 16.3. The third kappa shape index (κ3) is 2.00. The first-order chi connectivity index (χ1) is 11.3. The topological polar surface area (TPSA) is 72.7 Å². The monoisotopic (exact) mass is 333 g/mol. The molecule has 4 nitrogen and oxygen atoms in total. The van der Waals surface area contributed by atoms with Gasteiger partial charge in [-0.1, -0.05) is 37.1 Å². The molecule has 134 valence electrons. The number of hydrogen-bond donors (Lipinski definition) is 4. The van der Waals surface area contributed by atoms with E-state index in [-0.39, 0.29) is 28.9 Å². The summed E-state index contributed by atoms with van der Waals surface area (Å²) in [5.41, 5.74) is 2.60. The average Bonchev–Trinajstić information content (AvgIpc) is 2.78. The number of nitrogens with one attached hydrogen (secondary N) is 1. The lowest BCUT2D eigenvalue weighted by molar-refractivity contribution is -0.0403. The first kappa shape index (κ1) is 16.8. The second-order valence-corrected chi connectivity index (χ2v) is 8.97. The molecule has 0 bridgehead atoms. The van der Waals surface area contributed by atoms with Gasteiger partial charge in [-0.15, -0.1) is 0 Å². The van der Waals surface area contributed by atoms with E-state index in [0.29, 0.717) is 12.3 Å². The Labute approximate surface area is 144 Å². The van der Waals surface area contributed by atoms with E-state index in [1.165, 1.54) is 11.1 Å². The van der Waals surface area contributed by atoms with Gasteiger partial charge in [0, 0.05) is 16.9 Å². The van der Waals surface area contributed by atoms with Gasteiger partial charge in [0.25, 0.3) is 0 Å². The summed E-state index contributed by atoms with van der Waals surface area (Å²) in [6, 6.07) is 0.266. The third-order valence-electron chi connectivity index (χ3n) is 8.02. The van der Waals surface area contributed by atoms with Crippen molar-refractivity contribution < 1.29 is 15.3 Å². The molecule has 4 N–H and O–H groups in total. The highest BCUT2D eigenvalue weighted by Crippen LogP contribution is 2.63. The van der Waals surface area contributed by atoms with Crippen LogP contribution in [0, 0.1) is 22.7 Å². The summed E-state index contributed by atoms with van der Waals surface area (Å²) in [5, 5.41) is 34.5. The van der Waals surface area contributed by atoms with Gasteiger partial charge in [-0.05, 0) is 51.0 Å². The second-order valence-electron chi connectivity index (χ2n) is 8.97. The van der Waals surface area contributed by atoms with Gasteiger partial charge >= 0.3 is 0 Å². The van der Waals surface area contributed by atoms with Gasteiger partial charge in [-0.2, -0.15) is 0 Å². The first-order valence-corrected chi connectivity index (χ1v) is 9.45. The third-order valence-corrected chi connectivity index (χ3v) is 8.02. The molecule has 0 amide bonds. The van der Waals surface area contributed by atoms with Crippen LogP contribution in [0.15, 0.2) is 23.3 Å². The molecular weight excluding hydrogens is 302 g/mol. The lowest BCUT2D eigenvalue weighted by atomic mass is 9.50. The van der Waals surface area contributed by atoms with Crippen LogP contribution >= 0.6 is 0 Å². The largest absolute Gasteiger partial charge is 0.393 e. The first-order valence-electron chi connectivity index (χ1n) is 9.45. The fraction of sp³-hybridized carbons (Fsp3) is 0.800. The molecule has 4 aliphatic carbocycles. The summed E-state index contributed by atoms with van der Waals surface area (Å²) in [5.74, 6) is 0.707. The molecule has 0 aliphatic heterocycles. The number of hydrogen-bond acceptors (Lipinski definition) is 4. The van der Waals surface area contributed by atoms with Crippen molar-refractivity contribution in [1.29, 1.82) is 0 Å². The average molecular weight is 333 g/mol. The molecule has 0 heterocycles. The second kappa shape index (κ2) is 5.41. The number of aliphatic hydroxyl groups excluding tert-OH is 3. The van der Waals surface area contributed by atoms with E-state index in [1.807, 2.05) is 7.05 Å². The Bertz CT molecular complexity index is 600. The van der Waals surface area contributed by atoms with Crippen LogP contribution in [-0.4, -0.2) is 46.7 Å². The molecule has 3 fully saturated rings. The minimum absolute atomic E-state index is 0.0257. The van der Waals surface area contributed by atoms with Crippen LogP contribution in [0.2, 0.25) is 0 Å². The van der Waals surface area contributed by atoms with Crippen LogP contribution in [0.1, 0.15) is 46.0 Å². The smallest absolute Gasteiger partial charge is 0.0858 e. The molecule has 3 saturated carbocycles. The lowest BCUT2D eigenvalue weighted by Gasteiger charge is -2.57. The summed E-state index contributed by atoms with van der Waals surface area (Å²) in [6.45, 7) is 4.51. The van der Waals surface area contributed by atoms with E-state index >= 15 is 0 Å². The molecule has 0 spiro atoms. The van der Waals surface area contributed by atoms with E-state index < -0.39 is 12.2 Å². The van der Waals surface area contributed by atoms with Gasteiger partial charge in [-0.25, -0.2) is 0 Å². The zero-order valence-electron chi connectivity index (χ0n) is 15.0. The molecule has 4 aliphatic rings. The fourth-order valence-electron chi connectivity index (χ4n) is 6.49. The van der Waals surface area contributed by atoms with Gasteiger partial charge < -0.3 is 20.6 Å². The standard InChI is InChI=1S/C20H31NO3/c1-19-7-6-14-13(15(19)10-16(23)18(19)24)5-4-11-8-12(22)9-17(21-3)20(11,14)2/h4-5,12,14-18,21-24H,6-10H2,1-3H3/t12-,14+,15+,16-,17?,18+,19+,20+/m1/s1. The molecule has 0 aromatic carbocycles. The number of rotatable bonds is 1. The Balaban J connectivity index is 1.77. The zero-order valence-corrected chi connectivity index (χ0v) is 15.0. The Morgan fingerprint density at radius 1 is 1.08 bits per heavy atom. The van der Waals surface area contributed by atoms with Gasteiger partial charge in [0.1, 0.15) is 0 Å². The van der Waals surface area contributed by atoms with Crippen molar-refractivity contribution in [2.75, 3.05) is 7.05 Å². The Kier molecular flexibility index (Phi) is 3.78. The van der Waals surface area contributed by atoms with Gasteiger partial charge in [0.2, 0.25) is 0 Å². The fourth-order valence-corrected chi connectivity index (χ4v) is 6.49. The van der Waals surface area contributed by atoms with Crippen molar-refractivity contribution >= 4 is 0 Å². The summed E-state index contributed by atoms with van der Waals surface area (Å²) in [4.78, 5) is 0. The molecule has 0 saturated heterocycles. The zero-order chi connectivity index (χ0) is 17.3. The quantitative estimate of drug-likeness (QED) is 0.590. The molecule has 24 heavy (non-hydrogen) atoms. The predicted molar refractivity (Wildman–Crippen MR) is 93.3 cm³/mol. The van der Waals surface area contributed by atoms with E-state index in [1.54, 1.807) is 0 Å². The normalized spacial score (nSPS) is 53.6. The number of aliphatic hydroxyl groups is 3. The van der Waals surface area contributed by atoms with Crippen molar-refractivity contribution in [2.45, 2.75) is 70.3 Å². The number of allylic oxidation sites excluding steroid dienone is 3. The lowest BCUT2D eigenvalue weighted by Crippen LogP contribution is -2.56. The Morgan fingerprint density at radius 3 is 2.54 bits per heavy atom. The van der Waals surface area contributed by atoms with Gasteiger partial charge in [0.05, 0.1) is 18.3 Å². The highest BCUT2D eigenvalue weighted by Gasteiger charge is 2.60. The van der Waals surface area contributed by atoms with Crippen LogP contribution in [0.25, 0.3) is 0 Å². The van der Waals surface area contributed by atoms with Crippen molar-refractivity contribution in [3.05, 3.63) is 23.3 Å². The summed E-state index contributed by atoms with van der Waals surface area (Å²) in [6.07, 6.45) is 7.23. The molecule has 1 unspecified atom stereocenters. The molecule has 4 heteroatoms. The van der Waals surface area contributed by atoms with Gasteiger partial charge in [-0.3, -0.25) is 0 Å². The maximum absolute atomic E-state index is 10.5. The van der Waals surface area contributed by atoms with E-state index in [2.05, 4.69) is 31.3 Å². The van der Waals surface area contributed by atoms with Crippen molar-refractivity contribution in [2.24, 2.45) is 22.7 Å². The summed E-state index contributed by atoms with van der Waals surface area (Å²) >= 11 is 0. The van der Waals surface area contributed by atoms with E-state index in [9.17, 15) is 15.3 Å². The highest BCUT2D eigenvalue weighted by molar-refractivity contribution is 5.40. The Morgan fingerprint density at radius 2 is 1.83 bits per heavy atom. The van der Waals surface area contributed by atoms with Crippen LogP contribution in [-0.2, 0) is 0 Å². The van der Waals surface area contributed by atoms with Crippen molar-refractivity contribution in [1.82, 2.24) is 5.32 Å². The predicted octanol–water partition coefficient (Wildman–Crippen LogP) is 1.76. The Hall–Kier alpha value is -0.680. The van der Waals surface area contributed by atoms with Crippen LogP contribution in [0.4, 0.5) is 0 Å². The van der Waals surface area contributed by atoms with E-state index in [4.69, 9.17) is 0 Å². The van der Waals surface area contributed by atoms with Crippen molar-refractivity contribution in [3.63, 3.8) is 0 Å². The van der Waals surface area contributed by atoms with Crippen LogP contribution < -0.4 is 5.32 Å². The number of fused-ring (bicyclic) bond motifs is 5.